The van der Waals surface area contributed by atoms with Gasteiger partial charge in [-0.15, -0.1) is 0 Å². The fourth-order valence-corrected chi connectivity index (χ4v) is 2.54. The molecule has 0 fully saturated rings. The van der Waals surface area contributed by atoms with E-state index in [0.29, 0.717) is 10.6 Å². The molecule has 0 aliphatic carbocycles. The molecule has 0 aliphatic rings. The summed E-state index contributed by atoms with van der Waals surface area (Å²) in [5, 5.41) is 6.66. The number of rotatable bonds is 6. The van der Waals surface area contributed by atoms with E-state index in [4.69, 9.17) is 16.3 Å². The van der Waals surface area contributed by atoms with E-state index >= 15 is 0 Å². The van der Waals surface area contributed by atoms with Crippen molar-refractivity contribution in [2.45, 2.75) is 19.9 Å². The zero-order valence-electron chi connectivity index (χ0n) is 14.4. The summed E-state index contributed by atoms with van der Waals surface area (Å²) in [6.07, 6.45) is 0. The first kappa shape index (κ1) is 18.8. The fourth-order valence-electron chi connectivity index (χ4n) is 2.41. The first-order valence-corrected chi connectivity index (χ1v) is 8.26. The van der Waals surface area contributed by atoms with Crippen LogP contribution in [0.2, 0.25) is 5.02 Å². The highest BCUT2D eigenvalue weighted by molar-refractivity contribution is 6.30. The van der Waals surface area contributed by atoms with Crippen LogP contribution in [0.1, 0.15) is 34.5 Å². The molecule has 0 aliphatic heterocycles. The smallest absolute Gasteiger partial charge is 0.337 e. The summed E-state index contributed by atoms with van der Waals surface area (Å²) >= 11 is 5.87. The first-order valence-electron chi connectivity index (χ1n) is 7.88. The van der Waals surface area contributed by atoms with Crippen molar-refractivity contribution in [1.29, 1.82) is 0 Å². The van der Waals surface area contributed by atoms with Crippen LogP contribution in [0, 0.1) is 6.92 Å². The molecular weight excluding hydrogens is 340 g/mol. The maximum absolute atomic E-state index is 12.1. The minimum absolute atomic E-state index is 0.116. The van der Waals surface area contributed by atoms with Gasteiger partial charge in [0.25, 0.3) is 0 Å². The quantitative estimate of drug-likeness (QED) is 0.770. The second-order valence-electron chi connectivity index (χ2n) is 5.72. The van der Waals surface area contributed by atoms with Crippen LogP contribution in [0.15, 0.2) is 42.5 Å². The number of esters is 1. The number of hydrogen-bond donors (Lipinski definition) is 2. The molecule has 1 atom stereocenters. The molecule has 5 nitrogen and oxygen atoms in total. The SMILES string of the molecule is COC(=O)c1ccc(NCC(=O)NC(C)c2ccc(Cl)cc2)c(C)c1. The van der Waals surface area contributed by atoms with Gasteiger partial charge in [-0.25, -0.2) is 4.79 Å². The molecule has 0 saturated carbocycles. The van der Waals surface area contributed by atoms with Gasteiger partial charge in [0.15, 0.2) is 0 Å². The van der Waals surface area contributed by atoms with Gasteiger partial charge >= 0.3 is 5.97 Å². The number of methoxy groups -OCH3 is 1. The van der Waals surface area contributed by atoms with Crippen LogP contribution in [-0.4, -0.2) is 25.5 Å². The highest BCUT2D eigenvalue weighted by Crippen LogP contribution is 2.18. The van der Waals surface area contributed by atoms with E-state index in [1.807, 2.05) is 26.0 Å². The molecule has 25 heavy (non-hydrogen) atoms. The summed E-state index contributed by atoms with van der Waals surface area (Å²) in [4.78, 5) is 23.6. The molecular formula is C19H21ClN2O3. The zero-order chi connectivity index (χ0) is 18.4. The number of benzene rings is 2. The van der Waals surface area contributed by atoms with Crippen molar-refractivity contribution in [1.82, 2.24) is 5.32 Å². The highest BCUT2D eigenvalue weighted by Gasteiger charge is 2.11. The third-order valence-electron chi connectivity index (χ3n) is 3.83. The molecule has 6 heteroatoms. The lowest BCUT2D eigenvalue weighted by molar-refractivity contribution is -0.120. The largest absolute Gasteiger partial charge is 0.465 e. The molecule has 2 aromatic carbocycles. The number of nitrogens with one attached hydrogen (secondary N) is 2. The van der Waals surface area contributed by atoms with Crippen molar-refractivity contribution >= 4 is 29.2 Å². The van der Waals surface area contributed by atoms with Gasteiger partial charge in [-0.05, 0) is 55.3 Å². The summed E-state index contributed by atoms with van der Waals surface area (Å²) < 4.78 is 4.69. The third kappa shape index (κ3) is 5.22. The summed E-state index contributed by atoms with van der Waals surface area (Å²) in [6.45, 7) is 3.91. The fraction of sp³-hybridized carbons (Fsp3) is 0.263. The van der Waals surface area contributed by atoms with Gasteiger partial charge in [-0.2, -0.15) is 0 Å². The maximum Gasteiger partial charge on any atom is 0.337 e. The summed E-state index contributed by atoms with van der Waals surface area (Å²) in [7, 11) is 1.34. The van der Waals surface area contributed by atoms with Crippen LogP contribution >= 0.6 is 11.6 Å². The molecule has 0 aromatic heterocycles. The van der Waals surface area contributed by atoms with Crippen molar-refractivity contribution in [3.05, 3.63) is 64.2 Å². The molecule has 0 heterocycles. The Balaban J connectivity index is 1.91. The average Bonchev–Trinajstić information content (AvgIpc) is 2.60. The Bertz CT molecular complexity index is 760. The number of aryl methyl sites for hydroxylation is 1. The molecule has 2 aromatic rings. The molecule has 0 spiro atoms. The van der Waals surface area contributed by atoms with Crippen LogP contribution in [-0.2, 0) is 9.53 Å². The van der Waals surface area contributed by atoms with Gasteiger partial charge in [-0.1, -0.05) is 23.7 Å². The number of ether oxygens (including phenoxy) is 1. The maximum atomic E-state index is 12.1. The van der Waals surface area contributed by atoms with Crippen molar-refractivity contribution in [3.8, 4) is 0 Å². The zero-order valence-corrected chi connectivity index (χ0v) is 15.2. The van der Waals surface area contributed by atoms with Gasteiger partial charge in [-0.3, -0.25) is 4.79 Å². The predicted molar refractivity (Wildman–Crippen MR) is 99.0 cm³/mol. The molecule has 1 unspecified atom stereocenters. The molecule has 0 radical (unpaired) electrons. The number of amides is 1. The van der Waals surface area contributed by atoms with Crippen LogP contribution < -0.4 is 10.6 Å². The van der Waals surface area contributed by atoms with Gasteiger partial charge in [0.1, 0.15) is 0 Å². The Morgan fingerprint density at radius 1 is 1.16 bits per heavy atom. The average molecular weight is 361 g/mol. The lowest BCUT2D eigenvalue weighted by Crippen LogP contribution is -2.32. The van der Waals surface area contributed by atoms with Gasteiger partial charge in [0.05, 0.1) is 25.3 Å². The summed E-state index contributed by atoms with van der Waals surface area (Å²) in [6, 6.07) is 12.4. The second kappa shape index (κ2) is 8.53. The highest BCUT2D eigenvalue weighted by atomic mass is 35.5. The molecule has 1 amide bonds. The standard InChI is InChI=1S/C19H21ClN2O3/c1-12-10-15(19(24)25-3)6-9-17(12)21-11-18(23)22-13(2)14-4-7-16(20)8-5-14/h4-10,13,21H,11H2,1-3H3,(H,22,23). The van der Waals surface area contributed by atoms with Crippen molar-refractivity contribution < 1.29 is 14.3 Å². The number of halogens is 1. The molecule has 0 bridgehead atoms. The van der Waals surface area contributed by atoms with Crippen molar-refractivity contribution in [2.24, 2.45) is 0 Å². The first-order chi connectivity index (χ1) is 11.9. The molecule has 132 valence electrons. The van der Waals surface area contributed by atoms with Crippen LogP contribution in [0.4, 0.5) is 5.69 Å². The van der Waals surface area contributed by atoms with Crippen LogP contribution in [0.25, 0.3) is 0 Å². The van der Waals surface area contributed by atoms with E-state index in [9.17, 15) is 9.59 Å². The number of carbonyl (C=O) groups excluding carboxylic acids is 2. The number of carbonyl (C=O) groups is 2. The Kier molecular flexibility index (Phi) is 6.42. The van der Waals surface area contributed by atoms with Gasteiger partial charge < -0.3 is 15.4 Å². The predicted octanol–water partition coefficient (Wildman–Crippen LogP) is 3.72. The van der Waals surface area contributed by atoms with Crippen molar-refractivity contribution in [2.75, 3.05) is 19.0 Å². The monoisotopic (exact) mass is 360 g/mol. The van der Waals surface area contributed by atoms with E-state index in [1.165, 1.54) is 7.11 Å². The summed E-state index contributed by atoms with van der Waals surface area (Å²) in [5.74, 6) is -0.511. The minimum Gasteiger partial charge on any atom is -0.465 e. The number of hydrogen-bond acceptors (Lipinski definition) is 4. The molecule has 2 rings (SSSR count). The summed E-state index contributed by atoms with van der Waals surface area (Å²) in [5.41, 5.74) is 3.12. The Morgan fingerprint density at radius 2 is 1.84 bits per heavy atom. The Hall–Kier alpha value is -2.53. The third-order valence-corrected chi connectivity index (χ3v) is 4.09. The minimum atomic E-state index is -0.385. The van der Waals surface area contributed by atoms with E-state index in [-0.39, 0.29) is 24.5 Å². The topological polar surface area (TPSA) is 67.4 Å². The van der Waals surface area contributed by atoms with E-state index < -0.39 is 0 Å². The lowest BCUT2D eigenvalue weighted by atomic mass is 10.1. The van der Waals surface area contributed by atoms with Gasteiger partial charge in [0, 0.05) is 10.7 Å². The lowest BCUT2D eigenvalue weighted by Gasteiger charge is -2.16. The van der Waals surface area contributed by atoms with E-state index in [0.717, 1.165) is 16.8 Å². The van der Waals surface area contributed by atoms with Crippen LogP contribution in [0.5, 0.6) is 0 Å². The van der Waals surface area contributed by atoms with E-state index in [1.54, 1.807) is 30.3 Å². The van der Waals surface area contributed by atoms with Crippen molar-refractivity contribution in [3.63, 3.8) is 0 Å². The Morgan fingerprint density at radius 3 is 2.44 bits per heavy atom. The number of anilines is 1. The second-order valence-corrected chi connectivity index (χ2v) is 6.15. The molecule has 2 N–H and O–H groups in total. The molecule has 0 saturated heterocycles. The van der Waals surface area contributed by atoms with Crippen LogP contribution in [0.3, 0.4) is 0 Å². The van der Waals surface area contributed by atoms with Gasteiger partial charge in [0.2, 0.25) is 5.91 Å². The normalized spacial score (nSPS) is 11.5. The Labute approximate surface area is 152 Å². The van der Waals surface area contributed by atoms with E-state index in [2.05, 4.69) is 10.6 Å².